The maximum atomic E-state index is 13.1. The minimum Gasteiger partial charge on any atom is -0.452 e. The van der Waals surface area contributed by atoms with E-state index in [1.54, 1.807) is 0 Å². The molecule has 1 aromatic rings. The molecule has 5 nitrogen and oxygen atoms in total. The van der Waals surface area contributed by atoms with Gasteiger partial charge in [-0.3, -0.25) is 0 Å². The zero-order chi connectivity index (χ0) is 12.3. The molecule has 0 unspecified atom stereocenters. The molecule has 0 bridgehead atoms. The Balaban J connectivity index is 3.13. The summed E-state index contributed by atoms with van der Waals surface area (Å²) in [5.74, 6) is -2.22. The fraction of sp³-hybridized carbons (Fsp3) is 0.125. The summed E-state index contributed by atoms with van der Waals surface area (Å²) in [6.45, 7) is 0. The summed E-state index contributed by atoms with van der Waals surface area (Å²) >= 11 is 0. The fourth-order valence-corrected chi connectivity index (χ4v) is 1.88. The van der Waals surface area contributed by atoms with Crippen molar-refractivity contribution >= 4 is 16.1 Å². The maximum absolute atomic E-state index is 13.1. The Hall–Kier alpha value is -1.70. The lowest BCUT2D eigenvalue weighted by atomic mass is 10.3. The van der Waals surface area contributed by atoms with Crippen LogP contribution >= 0.6 is 0 Å². The summed E-state index contributed by atoms with van der Waals surface area (Å²) in [7, 11) is -3.43. The number of halogens is 2. The van der Waals surface area contributed by atoms with Gasteiger partial charge in [0.25, 0.3) is 10.0 Å². The zero-order valence-corrected chi connectivity index (χ0v) is 8.85. The van der Waals surface area contributed by atoms with E-state index in [1.165, 1.54) is 4.72 Å². The van der Waals surface area contributed by atoms with Gasteiger partial charge in [-0.05, 0) is 12.1 Å². The second-order valence-electron chi connectivity index (χ2n) is 2.67. The van der Waals surface area contributed by atoms with Crippen molar-refractivity contribution in [2.75, 3.05) is 7.11 Å². The Morgan fingerprint density at radius 2 is 2.00 bits per heavy atom. The minimum absolute atomic E-state index is 0.395. The second kappa shape index (κ2) is 4.44. The average Bonchev–Trinajstić information content (AvgIpc) is 2.16. The predicted octanol–water partition coefficient (Wildman–Crippen LogP) is 1.01. The van der Waals surface area contributed by atoms with Crippen molar-refractivity contribution in [3.63, 3.8) is 0 Å². The van der Waals surface area contributed by atoms with Gasteiger partial charge in [0.1, 0.15) is 16.5 Å². The van der Waals surface area contributed by atoms with Gasteiger partial charge < -0.3 is 4.74 Å². The number of sulfonamides is 1. The van der Waals surface area contributed by atoms with Gasteiger partial charge in [0.15, 0.2) is 0 Å². The molecule has 0 saturated heterocycles. The summed E-state index contributed by atoms with van der Waals surface area (Å²) in [5, 5.41) is 0. The van der Waals surface area contributed by atoms with E-state index in [9.17, 15) is 22.0 Å². The highest BCUT2D eigenvalue weighted by Crippen LogP contribution is 2.15. The second-order valence-corrected chi connectivity index (χ2v) is 4.32. The monoisotopic (exact) mass is 251 g/mol. The van der Waals surface area contributed by atoms with Crippen molar-refractivity contribution in [1.82, 2.24) is 4.72 Å². The Morgan fingerprint density at radius 1 is 1.38 bits per heavy atom. The predicted molar refractivity (Wildman–Crippen MR) is 49.1 cm³/mol. The van der Waals surface area contributed by atoms with Crippen molar-refractivity contribution in [2.24, 2.45) is 0 Å². The third kappa shape index (κ3) is 2.66. The Kier molecular flexibility index (Phi) is 3.43. The summed E-state index contributed by atoms with van der Waals surface area (Å²) < 4.78 is 53.8. The van der Waals surface area contributed by atoms with Gasteiger partial charge in [-0.1, -0.05) is 0 Å². The van der Waals surface area contributed by atoms with Crippen LogP contribution in [0.5, 0.6) is 0 Å². The lowest BCUT2D eigenvalue weighted by Gasteiger charge is -2.06. The van der Waals surface area contributed by atoms with Gasteiger partial charge in [0.05, 0.1) is 7.11 Å². The van der Waals surface area contributed by atoms with Crippen LogP contribution in [0.25, 0.3) is 0 Å². The molecule has 0 saturated carbocycles. The van der Waals surface area contributed by atoms with Crippen LogP contribution in [0.15, 0.2) is 23.1 Å². The quantitative estimate of drug-likeness (QED) is 0.851. The largest absolute Gasteiger partial charge is 0.452 e. The van der Waals surface area contributed by atoms with Crippen LogP contribution in [-0.4, -0.2) is 21.6 Å². The van der Waals surface area contributed by atoms with Gasteiger partial charge in [-0.25, -0.2) is 26.7 Å². The van der Waals surface area contributed by atoms with Gasteiger partial charge in [-0.2, -0.15) is 0 Å². The van der Waals surface area contributed by atoms with E-state index in [0.29, 0.717) is 12.1 Å². The third-order valence-corrected chi connectivity index (χ3v) is 2.93. The molecule has 0 aliphatic heterocycles. The smallest absolute Gasteiger partial charge is 0.420 e. The van der Waals surface area contributed by atoms with Crippen LogP contribution in [0.4, 0.5) is 13.6 Å². The molecule has 88 valence electrons. The Bertz CT molecular complexity index is 515. The first kappa shape index (κ1) is 12.4. The SMILES string of the molecule is COC(=O)NS(=O)(=O)c1ccc(F)cc1F. The number of hydrogen-bond donors (Lipinski definition) is 1. The Labute approximate surface area is 90.1 Å². The van der Waals surface area contributed by atoms with Gasteiger partial charge in [0.2, 0.25) is 0 Å². The first-order chi connectivity index (χ1) is 7.36. The van der Waals surface area contributed by atoms with Crippen molar-refractivity contribution in [2.45, 2.75) is 4.90 Å². The van der Waals surface area contributed by atoms with Crippen LogP contribution < -0.4 is 4.72 Å². The summed E-state index contributed by atoms with van der Waals surface area (Å²) in [4.78, 5) is 9.84. The van der Waals surface area contributed by atoms with Crippen LogP contribution in [0, 0.1) is 11.6 Å². The fourth-order valence-electron chi connectivity index (χ4n) is 0.899. The zero-order valence-electron chi connectivity index (χ0n) is 8.03. The van der Waals surface area contributed by atoms with E-state index in [4.69, 9.17) is 0 Å². The lowest BCUT2D eigenvalue weighted by molar-refractivity contribution is 0.177. The molecule has 1 N–H and O–H groups in total. The number of hydrogen-bond acceptors (Lipinski definition) is 4. The minimum atomic E-state index is -4.39. The Morgan fingerprint density at radius 3 is 2.50 bits per heavy atom. The van der Waals surface area contributed by atoms with Gasteiger partial charge >= 0.3 is 6.09 Å². The van der Waals surface area contributed by atoms with Crippen LogP contribution in [0.2, 0.25) is 0 Å². The lowest BCUT2D eigenvalue weighted by Crippen LogP contribution is -2.30. The molecule has 0 radical (unpaired) electrons. The maximum Gasteiger partial charge on any atom is 0.420 e. The molecule has 0 heterocycles. The van der Waals surface area contributed by atoms with Crippen molar-refractivity contribution in [3.8, 4) is 0 Å². The number of amides is 1. The van der Waals surface area contributed by atoms with Crippen LogP contribution in [-0.2, 0) is 14.8 Å². The number of ether oxygens (including phenoxy) is 1. The first-order valence-electron chi connectivity index (χ1n) is 3.92. The normalized spacial score (nSPS) is 10.9. The molecule has 0 spiro atoms. The summed E-state index contributed by atoms with van der Waals surface area (Å²) in [6.07, 6.45) is -1.26. The molecule has 16 heavy (non-hydrogen) atoms. The molecular formula is C8H7F2NO4S. The van der Waals surface area contributed by atoms with E-state index < -0.39 is 32.6 Å². The molecule has 0 atom stereocenters. The molecule has 8 heteroatoms. The number of nitrogens with one attached hydrogen (secondary N) is 1. The molecule has 0 aromatic heterocycles. The molecule has 1 aromatic carbocycles. The van der Waals surface area contributed by atoms with Crippen molar-refractivity contribution < 1.29 is 26.7 Å². The standard InChI is InChI=1S/C8H7F2NO4S/c1-15-8(12)11-16(13,14)7-3-2-5(9)4-6(7)10/h2-4H,1H3,(H,11,12). The van der Waals surface area contributed by atoms with Gasteiger partial charge in [0, 0.05) is 6.07 Å². The average molecular weight is 251 g/mol. The summed E-state index contributed by atoms with van der Waals surface area (Å²) in [6, 6.07) is 1.86. The molecule has 0 fully saturated rings. The van der Waals surface area contributed by atoms with Gasteiger partial charge in [-0.15, -0.1) is 0 Å². The number of rotatable bonds is 2. The molecule has 0 aliphatic rings. The molecular weight excluding hydrogens is 244 g/mol. The number of methoxy groups -OCH3 is 1. The number of carbonyl (C=O) groups excluding carboxylic acids is 1. The highest BCUT2D eigenvalue weighted by Gasteiger charge is 2.22. The van der Waals surface area contributed by atoms with E-state index in [2.05, 4.69) is 4.74 Å². The van der Waals surface area contributed by atoms with Crippen LogP contribution in [0.1, 0.15) is 0 Å². The van der Waals surface area contributed by atoms with Crippen molar-refractivity contribution in [3.05, 3.63) is 29.8 Å². The number of carbonyl (C=O) groups is 1. The number of benzene rings is 1. The van der Waals surface area contributed by atoms with E-state index in [0.717, 1.165) is 13.2 Å². The summed E-state index contributed by atoms with van der Waals surface area (Å²) in [5.41, 5.74) is 0. The highest BCUT2D eigenvalue weighted by atomic mass is 32.2. The highest BCUT2D eigenvalue weighted by molar-refractivity contribution is 7.90. The molecule has 1 amide bonds. The third-order valence-electron chi connectivity index (χ3n) is 1.59. The molecule has 1 rings (SSSR count). The first-order valence-corrected chi connectivity index (χ1v) is 5.41. The van der Waals surface area contributed by atoms with Crippen LogP contribution in [0.3, 0.4) is 0 Å². The van der Waals surface area contributed by atoms with E-state index in [1.807, 2.05) is 0 Å². The van der Waals surface area contributed by atoms with Crippen molar-refractivity contribution in [1.29, 1.82) is 0 Å². The van der Waals surface area contributed by atoms with E-state index >= 15 is 0 Å². The topological polar surface area (TPSA) is 72.5 Å². The molecule has 0 aliphatic carbocycles. The van der Waals surface area contributed by atoms with E-state index in [-0.39, 0.29) is 0 Å².